The zero-order valence-corrected chi connectivity index (χ0v) is 17.6. The molecule has 0 amide bonds. The van der Waals surface area contributed by atoms with Gasteiger partial charge in [0.25, 0.3) is 0 Å². The lowest BCUT2D eigenvalue weighted by Crippen LogP contribution is -2.22. The van der Waals surface area contributed by atoms with E-state index in [-0.39, 0.29) is 0 Å². The van der Waals surface area contributed by atoms with E-state index in [0.717, 1.165) is 5.69 Å². The number of hydrogen-bond donors (Lipinski definition) is 4. The first-order valence-electron chi connectivity index (χ1n) is 9.55. The van der Waals surface area contributed by atoms with Crippen LogP contribution >= 0.6 is 0 Å². The number of para-hydroxylation sites is 1. The molecule has 0 radical (unpaired) electrons. The van der Waals surface area contributed by atoms with Crippen molar-refractivity contribution in [1.82, 2.24) is 20.0 Å². The number of ether oxygens (including phenoxy) is 1. The van der Waals surface area contributed by atoms with Crippen LogP contribution in [0.1, 0.15) is 28.9 Å². The summed E-state index contributed by atoms with van der Waals surface area (Å²) < 4.78 is 5.44. The molecule has 1 aromatic carbocycles. The monoisotopic (exact) mass is 418 g/mol. The standard InChI is InChI=1S/C21H22N8O2/c1-11-8-16(24-12(2)23-11)26-17-9-15(18-20(27-17)28-29(3)21(18)30)25-14-7-5-6-13(10-22)19(14)31-4/h5-9,21,30H,1-4H3,(H3,23,24,25,26,27,28). The van der Waals surface area contributed by atoms with Crippen molar-refractivity contribution in [3.63, 3.8) is 0 Å². The number of aliphatic hydroxyl groups excluding tert-OH is 1. The molecule has 10 nitrogen and oxygen atoms in total. The molecule has 0 saturated heterocycles. The van der Waals surface area contributed by atoms with Crippen LogP contribution in [0.3, 0.4) is 0 Å². The van der Waals surface area contributed by atoms with Crippen LogP contribution in [0.15, 0.2) is 30.3 Å². The fourth-order valence-corrected chi connectivity index (χ4v) is 3.49. The number of aryl methyl sites for hydroxylation is 2. The van der Waals surface area contributed by atoms with E-state index < -0.39 is 6.23 Å². The van der Waals surface area contributed by atoms with Gasteiger partial charge in [-0.2, -0.15) is 10.3 Å². The van der Waals surface area contributed by atoms with Crippen molar-refractivity contribution < 1.29 is 9.84 Å². The summed E-state index contributed by atoms with van der Waals surface area (Å²) >= 11 is 0. The van der Waals surface area contributed by atoms with E-state index in [0.29, 0.717) is 51.5 Å². The van der Waals surface area contributed by atoms with Gasteiger partial charge < -0.3 is 25.9 Å². The van der Waals surface area contributed by atoms with Crippen molar-refractivity contribution in [3.8, 4) is 11.8 Å². The molecule has 0 aliphatic carbocycles. The minimum atomic E-state index is -0.910. The van der Waals surface area contributed by atoms with Crippen LogP contribution in [0.5, 0.6) is 5.75 Å². The van der Waals surface area contributed by atoms with Gasteiger partial charge in [0, 0.05) is 24.9 Å². The molecular weight excluding hydrogens is 396 g/mol. The second-order valence-electron chi connectivity index (χ2n) is 7.10. The van der Waals surface area contributed by atoms with Gasteiger partial charge in [0.15, 0.2) is 17.8 Å². The summed E-state index contributed by atoms with van der Waals surface area (Å²) in [5, 5.41) is 28.1. The number of fused-ring (bicyclic) bond motifs is 1. The van der Waals surface area contributed by atoms with E-state index in [1.807, 2.05) is 19.9 Å². The van der Waals surface area contributed by atoms with Crippen molar-refractivity contribution in [1.29, 1.82) is 5.26 Å². The van der Waals surface area contributed by atoms with Crippen molar-refractivity contribution in [2.45, 2.75) is 20.1 Å². The van der Waals surface area contributed by atoms with Crippen molar-refractivity contribution in [2.24, 2.45) is 0 Å². The molecule has 0 bridgehead atoms. The molecule has 3 aromatic rings. The quantitative estimate of drug-likeness (QED) is 0.490. The molecule has 158 valence electrons. The van der Waals surface area contributed by atoms with Crippen molar-refractivity contribution in [2.75, 3.05) is 30.2 Å². The Hall–Kier alpha value is -3.94. The van der Waals surface area contributed by atoms with E-state index in [2.05, 4.69) is 37.1 Å². The number of nitriles is 1. The van der Waals surface area contributed by atoms with Gasteiger partial charge in [0.1, 0.15) is 23.5 Å². The van der Waals surface area contributed by atoms with Crippen LogP contribution in [0.25, 0.3) is 0 Å². The Morgan fingerprint density at radius 2 is 1.90 bits per heavy atom. The van der Waals surface area contributed by atoms with Gasteiger partial charge in [-0.3, -0.25) is 0 Å². The Kier molecular flexibility index (Phi) is 5.29. The Bertz CT molecular complexity index is 1170. The van der Waals surface area contributed by atoms with E-state index in [4.69, 9.17) is 4.74 Å². The number of aliphatic hydroxyl groups is 1. The third-order valence-electron chi connectivity index (χ3n) is 4.80. The summed E-state index contributed by atoms with van der Waals surface area (Å²) in [6.45, 7) is 3.72. The highest BCUT2D eigenvalue weighted by atomic mass is 16.5. The highest BCUT2D eigenvalue weighted by Gasteiger charge is 2.31. The first kappa shape index (κ1) is 20.3. The highest BCUT2D eigenvalue weighted by Crippen LogP contribution is 2.41. The predicted molar refractivity (Wildman–Crippen MR) is 116 cm³/mol. The normalized spacial score (nSPS) is 15.0. The lowest BCUT2D eigenvalue weighted by molar-refractivity contribution is 0.0524. The topological polar surface area (TPSA) is 131 Å². The van der Waals surface area contributed by atoms with Gasteiger partial charge in [0.05, 0.1) is 29.6 Å². The van der Waals surface area contributed by atoms with E-state index >= 15 is 0 Å². The SMILES string of the molecule is COc1c(C#N)cccc1Nc1cc(Nc2cc(C)nc(C)n2)nc2c1C(O)N(C)N2. The third kappa shape index (κ3) is 3.92. The molecule has 0 spiro atoms. The van der Waals surface area contributed by atoms with Gasteiger partial charge >= 0.3 is 0 Å². The Balaban J connectivity index is 1.78. The Morgan fingerprint density at radius 1 is 1.13 bits per heavy atom. The maximum atomic E-state index is 10.6. The summed E-state index contributed by atoms with van der Waals surface area (Å²) in [7, 11) is 3.23. The number of anilines is 5. The largest absolute Gasteiger partial charge is 0.493 e. The van der Waals surface area contributed by atoms with Crippen molar-refractivity contribution >= 4 is 28.8 Å². The average molecular weight is 418 g/mol. The summed E-state index contributed by atoms with van der Waals surface area (Å²) in [6, 6.07) is 11.0. The van der Waals surface area contributed by atoms with Gasteiger partial charge in [0.2, 0.25) is 0 Å². The average Bonchev–Trinajstić information content (AvgIpc) is 3.00. The van der Waals surface area contributed by atoms with Crippen molar-refractivity contribution in [3.05, 3.63) is 53.0 Å². The summed E-state index contributed by atoms with van der Waals surface area (Å²) in [5.41, 5.74) is 6.06. The second kappa shape index (κ2) is 8.06. The third-order valence-corrected chi connectivity index (χ3v) is 4.80. The summed E-state index contributed by atoms with van der Waals surface area (Å²) in [4.78, 5) is 13.3. The highest BCUT2D eigenvalue weighted by molar-refractivity contribution is 5.78. The van der Waals surface area contributed by atoms with Crippen LogP contribution in [-0.2, 0) is 0 Å². The van der Waals surface area contributed by atoms with E-state index in [1.54, 1.807) is 36.3 Å². The number of methoxy groups -OCH3 is 1. The first-order valence-corrected chi connectivity index (χ1v) is 9.55. The Morgan fingerprint density at radius 3 is 2.61 bits per heavy atom. The van der Waals surface area contributed by atoms with Crippen LogP contribution in [0.2, 0.25) is 0 Å². The lowest BCUT2D eigenvalue weighted by atomic mass is 10.1. The number of nitrogens with zero attached hydrogens (tertiary/aromatic N) is 5. The Labute approximate surface area is 179 Å². The molecule has 1 aliphatic rings. The maximum Gasteiger partial charge on any atom is 0.160 e. The molecule has 1 unspecified atom stereocenters. The second-order valence-corrected chi connectivity index (χ2v) is 7.10. The first-order chi connectivity index (χ1) is 14.9. The van der Waals surface area contributed by atoms with Gasteiger partial charge in [-0.05, 0) is 26.0 Å². The zero-order valence-electron chi connectivity index (χ0n) is 17.6. The zero-order chi connectivity index (χ0) is 22.1. The fourth-order valence-electron chi connectivity index (χ4n) is 3.49. The molecule has 4 rings (SSSR count). The number of aromatic nitrogens is 3. The smallest absolute Gasteiger partial charge is 0.160 e. The predicted octanol–water partition coefficient (Wildman–Crippen LogP) is 3.12. The molecule has 1 atom stereocenters. The van der Waals surface area contributed by atoms with Crippen LogP contribution in [0, 0.1) is 25.2 Å². The maximum absolute atomic E-state index is 10.6. The van der Waals surface area contributed by atoms with Gasteiger partial charge in [-0.15, -0.1) is 0 Å². The minimum Gasteiger partial charge on any atom is -0.493 e. The molecule has 10 heteroatoms. The molecule has 0 fully saturated rings. The van der Waals surface area contributed by atoms with Gasteiger partial charge in [-0.1, -0.05) is 6.07 Å². The summed E-state index contributed by atoms with van der Waals surface area (Å²) in [5.74, 6) is 2.69. The number of nitrogens with one attached hydrogen (secondary N) is 3. The molecule has 4 N–H and O–H groups in total. The van der Waals surface area contributed by atoms with E-state index in [9.17, 15) is 10.4 Å². The minimum absolute atomic E-state index is 0.402. The number of pyridine rings is 1. The van der Waals surface area contributed by atoms with E-state index in [1.165, 1.54) is 7.11 Å². The number of hydrogen-bond acceptors (Lipinski definition) is 10. The molecule has 2 aromatic heterocycles. The van der Waals surface area contributed by atoms with Crippen LogP contribution < -0.4 is 20.8 Å². The molecule has 31 heavy (non-hydrogen) atoms. The molecule has 0 saturated carbocycles. The number of hydrazine groups is 1. The van der Waals surface area contributed by atoms with Gasteiger partial charge in [-0.25, -0.2) is 15.0 Å². The lowest BCUT2D eigenvalue weighted by Gasteiger charge is -2.18. The van der Waals surface area contributed by atoms with Crippen LogP contribution in [-0.4, -0.2) is 39.2 Å². The molecular formula is C21H22N8O2. The number of benzene rings is 1. The molecule has 1 aliphatic heterocycles. The summed E-state index contributed by atoms with van der Waals surface area (Å²) in [6.07, 6.45) is -0.910. The number of rotatable bonds is 5. The van der Waals surface area contributed by atoms with Crippen LogP contribution in [0.4, 0.5) is 28.8 Å². The molecule has 3 heterocycles. The fraction of sp³-hybridized carbons (Fsp3) is 0.238.